The molecule has 0 saturated carbocycles. The van der Waals surface area contributed by atoms with Gasteiger partial charge in [-0.25, -0.2) is 0 Å². The lowest BCUT2D eigenvalue weighted by Gasteiger charge is -2.44. The number of para-hydroxylation sites is 3. The van der Waals surface area contributed by atoms with Crippen LogP contribution in [0.15, 0.2) is 48.5 Å². The summed E-state index contributed by atoms with van der Waals surface area (Å²) in [5.41, 5.74) is 1.83. The SMILES string of the molecule is COc1ccccc1Oc1ccccc1CN1CCC2(CCNCC2)CC1.Cl.Cl. The van der Waals surface area contributed by atoms with Crippen molar-refractivity contribution in [3.05, 3.63) is 54.1 Å². The Morgan fingerprint density at radius 2 is 1.41 bits per heavy atom. The standard InChI is InChI=1S/C23H30N2O2.2ClH/c1-26-21-8-4-5-9-22(21)27-20-7-3-2-6-19(20)18-25-16-12-23(13-17-25)10-14-24-15-11-23;;/h2-9,24H,10-18H2,1H3;2*1H. The molecule has 0 radical (unpaired) electrons. The number of piperidine rings is 2. The zero-order valence-corrected chi connectivity index (χ0v) is 18.7. The average molecular weight is 439 g/mol. The molecular weight excluding hydrogens is 407 g/mol. The first-order valence-electron chi connectivity index (χ1n) is 10.1. The van der Waals surface area contributed by atoms with Crippen molar-refractivity contribution in [2.24, 2.45) is 5.41 Å². The van der Waals surface area contributed by atoms with Gasteiger partial charge in [0.15, 0.2) is 11.5 Å². The van der Waals surface area contributed by atoms with Crippen LogP contribution in [0, 0.1) is 5.41 Å². The van der Waals surface area contributed by atoms with Crippen LogP contribution in [0.4, 0.5) is 0 Å². The number of hydrogen-bond donors (Lipinski definition) is 1. The Morgan fingerprint density at radius 3 is 2.07 bits per heavy atom. The van der Waals surface area contributed by atoms with Crippen molar-refractivity contribution in [3.8, 4) is 17.2 Å². The smallest absolute Gasteiger partial charge is 0.169 e. The van der Waals surface area contributed by atoms with Crippen molar-refractivity contribution in [2.75, 3.05) is 33.3 Å². The van der Waals surface area contributed by atoms with Gasteiger partial charge in [0.2, 0.25) is 0 Å². The summed E-state index contributed by atoms with van der Waals surface area (Å²) < 4.78 is 11.7. The largest absolute Gasteiger partial charge is 0.493 e. The van der Waals surface area contributed by atoms with Gasteiger partial charge >= 0.3 is 0 Å². The molecule has 29 heavy (non-hydrogen) atoms. The second kappa shape index (κ2) is 11.1. The summed E-state index contributed by atoms with van der Waals surface area (Å²) in [6, 6.07) is 16.2. The Labute approximate surface area is 186 Å². The summed E-state index contributed by atoms with van der Waals surface area (Å²) in [6.45, 7) is 5.69. The molecule has 4 rings (SSSR count). The Morgan fingerprint density at radius 1 is 0.828 bits per heavy atom. The fourth-order valence-corrected chi connectivity index (χ4v) is 4.44. The van der Waals surface area contributed by atoms with Crippen LogP contribution in [0.2, 0.25) is 0 Å². The molecule has 0 bridgehead atoms. The third kappa shape index (κ3) is 5.79. The second-order valence-electron chi connectivity index (χ2n) is 7.89. The molecule has 2 fully saturated rings. The van der Waals surface area contributed by atoms with Gasteiger partial charge in [-0.1, -0.05) is 30.3 Å². The molecular formula is C23H32Cl2N2O2. The molecule has 2 aliphatic rings. The molecule has 0 atom stereocenters. The Bertz CT molecular complexity index is 756. The Balaban J connectivity index is 0.00000150. The van der Waals surface area contributed by atoms with Crippen LogP contribution in [0.1, 0.15) is 31.2 Å². The molecule has 4 nitrogen and oxygen atoms in total. The van der Waals surface area contributed by atoms with Gasteiger partial charge in [-0.05, 0) is 75.5 Å². The predicted octanol–water partition coefficient (Wildman–Crippen LogP) is 5.30. The van der Waals surface area contributed by atoms with Crippen molar-refractivity contribution in [2.45, 2.75) is 32.2 Å². The van der Waals surface area contributed by atoms with E-state index in [2.05, 4.69) is 28.4 Å². The van der Waals surface area contributed by atoms with Crippen molar-refractivity contribution in [1.82, 2.24) is 10.2 Å². The Kier molecular flexibility index (Phi) is 9.09. The molecule has 6 heteroatoms. The summed E-state index contributed by atoms with van der Waals surface area (Å²) in [6.07, 6.45) is 5.33. The highest BCUT2D eigenvalue weighted by atomic mass is 35.5. The van der Waals surface area contributed by atoms with E-state index in [-0.39, 0.29) is 24.8 Å². The van der Waals surface area contributed by atoms with Crippen LogP contribution in [-0.2, 0) is 6.54 Å². The minimum atomic E-state index is 0. The number of halogens is 2. The Hall–Kier alpha value is -1.46. The fraction of sp³-hybridized carbons (Fsp3) is 0.478. The van der Waals surface area contributed by atoms with Crippen LogP contribution in [0.3, 0.4) is 0 Å². The molecule has 2 aliphatic heterocycles. The van der Waals surface area contributed by atoms with E-state index < -0.39 is 0 Å². The summed E-state index contributed by atoms with van der Waals surface area (Å²) in [4.78, 5) is 2.58. The minimum absolute atomic E-state index is 0. The van der Waals surface area contributed by atoms with Gasteiger partial charge in [0, 0.05) is 12.1 Å². The first-order valence-corrected chi connectivity index (χ1v) is 10.1. The van der Waals surface area contributed by atoms with E-state index in [1.54, 1.807) is 7.11 Å². The monoisotopic (exact) mass is 438 g/mol. The van der Waals surface area contributed by atoms with Gasteiger partial charge in [-0.3, -0.25) is 4.90 Å². The molecule has 2 aromatic carbocycles. The third-order valence-electron chi connectivity index (χ3n) is 6.24. The maximum absolute atomic E-state index is 6.22. The average Bonchev–Trinajstić information content (AvgIpc) is 2.72. The summed E-state index contributed by atoms with van der Waals surface area (Å²) >= 11 is 0. The van der Waals surface area contributed by atoms with Crippen molar-refractivity contribution in [3.63, 3.8) is 0 Å². The summed E-state index contributed by atoms with van der Waals surface area (Å²) in [5.74, 6) is 2.45. The zero-order chi connectivity index (χ0) is 18.5. The fourth-order valence-electron chi connectivity index (χ4n) is 4.44. The van der Waals surface area contributed by atoms with E-state index in [0.29, 0.717) is 5.41 Å². The molecule has 2 saturated heterocycles. The van der Waals surface area contributed by atoms with Crippen LogP contribution < -0.4 is 14.8 Å². The quantitative estimate of drug-likeness (QED) is 0.686. The number of benzene rings is 2. The molecule has 160 valence electrons. The number of nitrogens with zero attached hydrogens (tertiary/aromatic N) is 1. The van der Waals surface area contributed by atoms with Gasteiger partial charge in [0.1, 0.15) is 5.75 Å². The van der Waals surface area contributed by atoms with E-state index in [4.69, 9.17) is 9.47 Å². The maximum atomic E-state index is 6.22. The number of methoxy groups -OCH3 is 1. The van der Waals surface area contributed by atoms with Gasteiger partial charge in [0.25, 0.3) is 0 Å². The molecule has 2 aromatic rings. The van der Waals surface area contributed by atoms with Gasteiger partial charge in [-0.15, -0.1) is 24.8 Å². The van der Waals surface area contributed by atoms with Crippen molar-refractivity contribution >= 4 is 24.8 Å². The number of hydrogen-bond acceptors (Lipinski definition) is 4. The second-order valence-corrected chi connectivity index (χ2v) is 7.89. The molecule has 0 aliphatic carbocycles. The maximum Gasteiger partial charge on any atom is 0.169 e. The van der Waals surface area contributed by atoms with E-state index in [0.717, 1.165) is 23.8 Å². The lowest BCUT2D eigenvalue weighted by atomic mass is 9.71. The molecule has 0 aromatic heterocycles. The van der Waals surface area contributed by atoms with Crippen LogP contribution in [0.25, 0.3) is 0 Å². The van der Waals surface area contributed by atoms with E-state index in [9.17, 15) is 0 Å². The van der Waals surface area contributed by atoms with Gasteiger partial charge in [0.05, 0.1) is 7.11 Å². The lowest BCUT2D eigenvalue weighted by Crippen LogP contribution is -2.45. The van der Waals surface area contributed by atoms with E-state index in [1.807, 2.05) is 30.3 Å². The molecule has 0 unspecified atom stereocenters. The summed E-state index contributed by atoms with van der Waals surface area (Å²) in [7, 11) is 1.68. The first kappa shape index (κ1) is 23.8. The lowest BCUT2D eigenvalue weighted by molar-refractivity contribution is 0.0698. The zero-order valence-electron chi connectivity index (χ0n) is 17.1. The van der Waals surface area contributed by atoms with E-state index >= 15 is 0 Å². The number of ether oxygens (including phenoxy) is 2. The van der Waals surface area contributed by atoms with Gasteiger partial charge < -0.3 is 14.8 Å². The normalized spacial score (nSPS) is 18.4. The minimum Gasteiger partial charge on any atom is -0.493 e. The van der Waals surface area contributed by atoms with Crippen molar-refractivity contribution < 1.29 is 9.47 Å². The number of nitrogens with one attached hydrogen (secondary N) is 1. The van der Waals surface area contributed by atoms with Crippen LogP contribution >= 0.6 is 24.8 Å². The van der Waals surface area contributed by atoms with Crippen molar-refractivity contribution in [1.29, 1.82) is 0 Å². The topological polar surface area (TPSA) is 33.7 Å². The summed E-state index contributed by atoms with van der Waals surface area (Å²) in [5, 5.41) is 3.51. The first-order chi connectivity index (χ1) is 13.3. The molecule has 1 spiro atoms. The van der Waals surface area contributed by atoms with Crippen LogP contribution in [0.5, 0.6) is 17.2 Å². The van der Waals surface area contributed by atoms with Crippen LogP contribution in [-0.4, -0.2) is 38.2 Å². The molecule has 0 amide bonds. The third-order valence-corrected chi connectivity index (χ3v) is 6.24. The number of likely N-dealkylation sites (tertiary alicyclic amines) is 1. The predicted molar refractivity (Wildman–Crippen MR) is 123 cm³/mol. The highest BCUT2D eigenvalue weighted by molar-refractivity contribution is 5.85. The number of rotatable bonds is 5. The highest BCUT2D eigenvalue weighted by Crippen LogP contribution is 2.40. The highest BCUT2D eigenvalue weighted by Gasteiger charge is 2.35. The van der Waals surface area contributed by atoms with E-state index in [1.165, 1.54) is 57.4 Å². The molecule has 2 heterocycles. The molecule has 1 N–H and O–H groups in total. The van der Waals surface area contributed by atoms with Gasteiger partial charge in [-0.2, -0.15) is 0 Å².